The quantitative estimate of drug-likeness (QED) is 0.835. The maximum Gasteiger partial charge on any atom is 0.252 e. The Bertz CT molecular complexity index is 578. The minimum Gasteiger partial charge on any atom is -0.422 e. The molecule has 0 spiro atoms. The van der Waals surface area contributed by atoms with E-state index >= 15 is 0 Å². The summed E-state index contributed by atoms with van der Waals surface area (Å²) in [5, 5.41) is 0. The highest BCUT2D eigenvalue weighted by Gasteiger charge is 2.17. The van der Waals surface area contributed by atoms with Crippen LogP contribution in [0.25, 0.3) is 11.2 Å². The van der Waals surface area contributed by atoms with E-state index in [1.807, 2.05) is 14.0 Å². The number of rotatable bonds is 5. The van der Waals surface area contributed by atoms with Crippen LogP contribution in [-0.2, 0) is 4.74 Å². The van der Waals surface area contributed by atoms with E-state index in [0.717, 1.165) is 37.3 Å². The second-order valence-corrected chi connectivity index (χ2v) is 5.28. The van der Waals surface area contributed by atoms with Crippen LogP contribution in [0.15, 0.2) is 10.7 Å². The van der Waals surface area contributed by atoms with E-state index in [2.05, 4.69) is 19.9 Å². The first kappa shape index (κ1) is 13.3. The van der Waals surface area contributed by atoms with Gasteiger partial charge in [-0.25, -0.2) is 9.97 Å². The molecular weight excluding hydrogens is 256 g/mol. The predicted molar refractivity (Wildman–Crippen MR) is 75.8 cm³/mol. The number of oxazole rings is 1. The predicted octanol–water partition coefficient (Wildman–Crippen LogP) is 2.32. The Morgan fingerprint density at radius 1 is 1.40 bits per heavy atom. The molecule has 20 heavy (non-hydrogen) atoms. The van der Waals surface area contributed by atoms with Crippen LogP contribution in [0, 0.1) is 6.92 Å². The Morgan fingerprint density at radius 2 is 2.30 bits per heavy atom. The Hall–Kier alpha value is -1.69. The maximum atomic E-state index is 5.64. The highest BCUT2D eigenvalue weighted by Crippen LogP contribution is 2.23. The molecule has 0 N–H and O–H groups in total. The van der Waals surface area contributed by atoms with Crippen molar-refractivity contribution < 1.29 is 9.15 Å². The van der Waals surface area contributed by atoms with Crippen LogP contribution in [-0.4, -0.2) is 41.3 Å². The SMILES string of the molecule is Cc1nc2c(N(C)CCC[C@H]3CCCO3)ncnc2o1. The van der Waals surface area contributed by atoms with E-state index < -0.39 is 0 Å². The second kappa shape index (κ2) is 5.75. The molecule has 0 aromatic carbocycles. The van der Waals surface area contributed by atoms with E-state index in [1.165, 1.54) is 19.2 Å². The van der Waals surface area contributed by atoms with Gasteiger partial charge < -0.3 is 14.1 Å². The Kier molecular flexibility index (Phi) is 3.82. The van der Waals surface area contributed by atoms with E-state index in [9.17, 15) is 0 Å². The summed E-state index contributed by atoms with van der Waals surface area (Å²) >= 11 is 0. The average Bonchev–Trinajstić information content (AvgIpc) is 3.05. The zero-order valence-corrected chi connectivity index (χ0v) is 12.0. The number of hydrogen-bond donors (Lipinski definition) is 0. The van der Waals surface area contributed by atoms with Crippen LogP contribution in [0.3, 0.4) is 0 Å². The molecule has 6 nitrogen and oxygen atoms in total. The highest BCUT2D eigenvalue weighted by molar-refractivity contribution is 5.81. The minimum atomic E-state index is 0.447. The molecule has 108 valence electrons. The number of hydrogen-bond acceptors (Lipinski definition) is 6. The summed E-state index contributed by atoms with van der Waals surface area (Å²) in [6.45, 7) is 3.67. The van der Waals surface area contributed by atoms with Gasteiger partial charge in [0.2, 0.25) is 0 Å². The normalized spacial score (nSPS) is 18.8. The largest absolute Gasteiger partial charge is 0.422 e. The van der Waals surface area contributed by atoms with Gasteiger partial charge in [-0.05, 0) is 25.7 Å². The number of aromatic nitrogens is 3. The number of fused-ring (bicyclic) bond motifs is 1. The van der Waals surface area contributed by atoms with Gasteiger partial charge in [0.05, 0.1) is 6.10 Å². The standard InChI is InChI=1S/C14H20N4O2/c1-10-17-12-13(15-9-16-14(12)20-10)18(2)7-3-5-11-6-4-8-19-11/h9,11H,3-8H2,1-2H3/t11-/m0/s1. The first-order valence-electron chi connectivity index (χ1n) is 7.15. The van der Waals surface area contributed by atoms with Crippen LogP contribution in [0.2, 0.25) is 0 Å². The van der Waals surface area contributed by atoms with Gasteiger partial charge in [-0.3, -0.25) is 0 Å². The lowest BCUT2D eigenvalue weighted by Gasteiger charge is -2.18. The number of ether oxygens (including phenoxy) is 1. The Balaban J connectivity index is 1.64. The van der Waals surface area contributed by atoms with Gasteiger partial charge in [0, 0.05) is 27.1 Å². The summed E-state index contributed by atoms with van der Waals surface area (Å²) in [5.41, 5.74) is 1.29. The van der Waals surface area contributed by atoms with E-state index in [4.69, 9.17) is 9.15 Å². The lowest BCUT2D eigenvalue weighted by atomic mass is 10.1. The zero-order valence-electron chi connectivity index (χ0n) is 12.0. The fourth-order valence-corrected chi connectivity index (χ4v) is 2.66. The number of aryl methyl sites for hydroxylation is 1. The van der Waals surface area contributed by atoms with E-state index in [1.54, 1.807) is 0 Å². The van der Waals surface area contributed by atoms with Crippen LogP contribution < -0.4 is 4.90 Å². The average molecular weight is 276 g/mol. The molecule has 1 fully saturated rings. The summed E-state index contributed by atoms with van der Waals surface area (Å²) in [5.74, 6) is 1.45. The molecule has 0 amide bonds. The zero-order chi connectivity index (χ0) is 13.9. The molecule has 2 aromatic heterocycles. The molecule has 3 heterocycles. The molecular formula is C14H20N4O2. The van der Waals surface area contributed by atoms with Gasteiger partial charge in [-0.1, -0.05) is 0 Å². The third kappa shape index (κ3) is 2.75. The van der Waals surface area contributed by atoms with E-state index in [-0.39, 0.29) is 0 Å². The van der Waals surface area contributed by atoms with Crippen LogP contribution >= 0.6 is 0 Å². The molecule has 1 aliphatic heterocycles. The summed E-state index contributed by atoms with van der Waals surface area (Å²) in [7, 11) is 2.03. The number of nitrogens with zero attached hydrogens (tertiary/aromatic N) is 4. The van der Waals surface area contributed by atoms with Gasteiger partial charge in [0.25, 0.3) is 5.71 Å². The van der Waals surface area contributed by atoms with Gasteiger partial charge >= 0.3 is 0 Å². The lowest BCUT2D eigenvalue weighted by molar-refractivity contribution is 0.103. The van der Waals surface area contributed by atoms with Crippen molar-refractivity contribution in [3.05, 3.63) is 12.2 Å². The Labute approximate surface area is 118 Å². The molecule has 1 saturated heterocycles. The monoisotopic (exact) mass is 276 g/mol. The molecule has 2 aromatic rings. The molecule has 3 rings (SSSR count). The van der Waals surface area contributed by atoms with Crippen LogP contribution in [0.1, 0.15) is 31.6 Å². The van der Waals surface area contributed by atoms with Crippen molar-refractivity contribution in [2.75, 3.05) is 25.1 Å². The molecule has 0 radical (unpaired) electrons. The lowest BCUT2D eigenvalue weighted by Crippen LogP contribution is -2.21. The van der Waals surface area contributed by atoms with Gasteiger partial charge in [0.1, 0.15) is 6.33 Å². The van der Waals surface area contributed by atoms with Crippen LogP contribution in [0.5, 0.6) is 0 Å². The Morgan fingerprint density at radius 3 is 3.10 bits per heavy atom. The van der Waals surface area contributed by atoms with Crippen molar-refractivity contribution in [2.24, 2.45) is 0 Å². The molecule has 1 atom stereocenters. The van der Waals surface area contributed by atoms with Crippen LogP contribution in [0.4, 0.5) is 5.82 Å². The van der Waals surface area contributed by atoms with Crippen molar-refractivity contribution in [3.63, 3.8) is 0 Å². The van der Waals surface area contributed by atoms with Crippen molar-refractivity contribution in [3.8, 4) is 0 Å². The molecule has 0 bridgehead atoms. The minimum absolute atomic E-state index is 0.447. The van der Waals surface area contributed by atoms with E-state index in [0.29, 0.717) is 17.7 Å². The fourth-order valence-electron chi connectivity index (χ4n) is 2.66. The first-order valence-corrected chi connectivity index (χ1v) is 7.15. The topological polar surface area (TPSA) is 64.3 Å². The second-order valence-electron chi connectivity index (χ2n) is 5.28. The molecule has 0 saturated carbocycles. The van der Waals surface area contributed by atoms with Gasteiger partial charge in [0.15, 0.2) is 17.2 Å². The summed E-state index contributed by atoms with van der Waals surface area (Å²) < 4.78 is 11.1. The first-order chi connectivity index (χ1) is 9.74. The van der Waals surface area contributed by atoms with Crippen molar-refractivity contribution in [2.45, 2.75) is 38.7 Å². The summed E-state index contributed by atoms with van der Waals surface area (Å²) in [6.07, 6.45) is 6.57. The molecule has 6 heteroatoms. The highest BCUT2D eigenvalue weighted by atomic mass is 16.5. The summed E-state index contributed by atoms with van der Waals surface area (Å²) in [6, 6.07) is 0. The third-order valence-corrected chi connectivity index (χ3v) is 3.69. The molecule has 1 aliphatic rings. The van der Waals surface area contributed by atoms with Crippen molar-refractivity contribution in [1.29, 1.82) is 0 Å². The smallest absolute Gasteiger partial charge is 0.252 e. The fraction of sp³-hybridized carbons (Fsp3) is 0.643. The van der Waals surface area contributed by atoms with Gasteiger partial charge in [-0.15, -0.1) is 0 Å². The summed E-state index contributed by atoms with van der Waals surface area (Å²) in [4.78, 5) is 14.9. The molecule has 0 unspecified atom stereocenters. The van der Waals surface area contributed by atoms with Crippen molar-refractivity contribution >= 4 is 17.0 Å². The maximum absolute atomic E-state index is 5.64. The molecule has 0 aliphatic carbocycles. The number of anilines is 1. The van der Waals surface area contributed by atoms with Crippen molar-refractivity contribution in [1.82, 2.24) is 15.0 Å². The van der Waals surface area contributed by atoms with Gasteiger partial charge in [-0.2, -0.15) is 4.98 Å². The third-order valence-electron chi connectivity index (χ3n) is 3.69.